The first kappa shape index (κ1) is 14.1. The summed E-state index contributed by atoms with van der Waals surface area (Å²) in [6.07, 6.45) is 2.57. The van der Waals surface area contributed by atoms with Crippen LogP contribution < -0.4 is 15.5 Å². The third-order valence-corrected chi connectivity index (χ3v) is 3.40. The normalized spacial score (nSPS) is 18.1. The number of nitrogens with zero attached hydrogens (tertiary/aromatic N) is 1. The van der Waals surface area contributed by atoms with E-state index in [1.807, 2.05) is 26.2 Å². The van der Waals surface area contributed by atoms with Gasteiger partial charge in [0.25, 0.3) is 0 Å². The Labute approximate surface area is 120 Å². The summed E-state index contributed by atoms with van der Waals surface area (Å²) in [5.41, 5.74) is 2.17. The van der Waals surface area contributed by atoms with Gasteiger partial charge >= 0.3 is 0 Å². The van der Waals surface area contributed by atoms with Crippen molar-refractivity contribution in [3.63, 3.8) is 0 Å². The molecule has 4 nitrogen and oxygen atoms in total. The molecular weight excluding hydrogens is 258 g/mol. The quantitative estimate of drug-likeness (QED) is 0.827. The SMILES string of the molecule is CN(C)c1ccc(NC(=S)NC[C@@H]2CCCO2)cc1. The number of thiocarbonyl (C=S) groups is 1. The highest BCUT2D eigenvalue weighted by Gasteiger charge is 2.15. The standard InChI is InChI=1S/C14H21N3OS/c1-17(2)12-7-5-11(6-8-12)16-14(19)15-10-13-4-3-9-18-13/h5-8,13H,3-4,9-10H2,1-2H3,(H2,15,16,19)/t13-/m0/s1. The summed E-state index contributed by atoms with van der Waals surface area (Å²) in [4.78, 5) is 2.07. The summed E-state index contributed by atoms with van der Waals surface area (Å²) in [5, 5.41) is 7.02. The van der Waals surface area contributed by atoms with Gasteiger partial charge in [-0.15, -0.1) is 0 Å². The molecule has 1 fully saturated rings. The molecule has 19 heavy (non-hydrogen) atoms. The molecule has 1 heterocycles. The molecule has 1 aliphatic rings. The van der Waals surface area contributed by atoms with Crippen LogP contribution in [0.1, 0.15) is 12.8 Å². The molecule has 5 heteroatoms. The van der Waals surface area contributed by atoms with E-state index in [2.05, 4.69) is 27.7 Å². The van der Waals surface area contributed by atoms with Crippen molar-refractivity contribution in [2.75, 3.05) is 37.5 Å². The van der Waals surface area contributed by atoms with Crippen molar-refractivity contribution in [2.45, 2.75) is 18.9 Å². The Hall–Kier alpha value is -1.33. The van der Waals surface area contributed by atoms with Crippen molar-refractivity contribution in [1.29, 1.82) is 0 Å². The van der Waals surface area contributed by atoms with E-state index in [1.54, 1.807) is 0 Å². The maximum atomic E-state index is 5.54. The molecular formula is C14H21N3OS. The molecule has 0 aliphatic carbocycles. The van der Waals surface area contributed by atoms with Crippen LogP contribution in [0.3, 0.4) is 0 Å². The van der Waals surface area contributed by atoms with Gasteiger partial charge in [0.1, 0.15) is 0 Å². The lowest BCUT2D eigenvalue weighted by atomic mass is 10.2. The van der Waals surface area contributed by atoms with Crippen molar-refractivity contribution in [2.24, 2.45) is 0 Å². The molecule has 0 aromatic heterocycles. The van der Waals surface area contributed by atoms with Crippen LogP contribution >= 0.6 is 12.2 Å². The fourth-order valence-electron chi connectivity index (χ4n) is 2.03. The molecule has 1 saturated heterocycles. The van der Waals surface area contributed by atoms with E-state index in [-0.39, 0.29) is 0 Å². The minimum atomic E-state index is 0.302. The molecule has 1 aliphatic heterocycles. The molecule has 2 rings (SSSR count). The molecule has 0 saturated carbocycles. The third-order valence-electron chi connectivity index (χ3n) is 3.16. The van der Waals surface area contributed by atoms with Crippen LogP contribution in [-0.4, -0.2) is 38.5 Å². The van der Waals surface area contributed by atoms with Gasteiger partial charge in [0, 0.05) is 38.6 Å². The van der Waals surface area contributed by atoms with E-state index < -0.39 is 0 Å². The highest BCUT2D eigenvalue weighted by Crippen LogP contribution is 2.15. The van der Waals surface area contributed by atoms with Gasteiger partial charge in [0.2, 0.25) is 0 Å². The van der Waals surface area contributed by atoms with E-state index in [0.29, 0.717) is 11.2 Å². The average Bonchev–Trinajstić information content (AvgIpc) is 2.90. The van der Waals surface area contributed by atoms with E-state index in [4.69, 9.17) is 17.0 Å². The van der Waals surface area contributed by atoms with Gasteiger partial charge in [0.15, 0.2) is 5.11 Å². The summed E-state index contributed by atoms with van der Waals surface area (Å²) in [6.45, 7) is 1.65. The largest absolute Gasteiger partial charge is 0.378 e. The molecule has 1 atom stereocenters. The van der Waals surface area contributed by atoms with Gasteiger partial charge < -0.3 is 20.3 Å². The van der Waals surface area contributed by atoms with Crippen molar-refractivity contribution >= 4 is 28.7 Å². The summed E-state index contributed by atoms with van der Waals surface area (Å²) in [6, 6.07) is 8.17. The molecule has 0 unspecified atom stereocenters. The Morgan fingerprint density at radius 3 is 2.68 bits per heavy atom. The minimum absolute atomic E-state index is 0.302. The highest BCUT2D eigenvalue weighted by molar-refractivity contribution is 7.80. The predicted molar refractivity (Wildman–Crippen MR) is 84.0 cm³/mol. The van der Waals surface area contributed by atoms with E-state index in [9.17, 15) is 0 Å². The zero-order valence-electron chi connectivity index (χ0n) is 11.5. The number of ether oxygens (including phenoxy) is 1. The molecule has 0 radical (unpaired) electrons. The fraction of sp³-hybridized carbons (Fsp3) is 0.500. The van der Waals surface area contributed by atoms with Crippen molar-refractivity contribution in [1.82, 2.24) is 5.32 Å². The van der Waals surface area contributed by atoms with Crippen LogP contribution in [0.4, 0.5) is 11.4 Å². The molecule has 1 aromatic rings. The van der Waals surface area contributed by atoms with Gasteiger partial charge in [-0.3, -0.25) is 0 Å². The Kier molecular flexibility index (Phi) is 4.99. The van der Waals surface area contributed by atoms with Crippen LogP contribution in [-0.2, 0) is 4.74 Å². The maximum absolute atomic E-state index is 5.54. The van der Waals surface area contributed by atoms with Crippen LogP contribution in [0.5, 0.6) is 0 Å². The van der Waals surface area contributed by atoms with Crippen LogP contribution in [0.15, 0.2) is 24.3 Å². The molecule has 0 amide bonds. The highest BCUT2D eigenvalue weighted by atomic mass is 32.1. The second kappa shape index (κ2) is 6.73. The van der Waals surface area contributed by atoms with E-state index in [1.165, 1.54) is 5.69 Å². The van der Waals surface area contributed by atoms with Crippen molar-refractivity contribution in [3.05, 3.63) is 24.3 Å². The summed E-state index contributed by atoms with van der Waals surface area (Å²) in [7, 11) is 4.05. The average molecular weight is 279 g/mol. The van der Waals surface area contributed by atoms with Gasteiger partial charge in [-0.1, -0.05) is 0 Å². The van der Waals surface area contributed by atoms with Gasteiger partial charge in [-0.05, 0) is 49.3 Å². The zero-order valence-corrected chi connectivity index (χ0v) is 12.3. The summed E-state index contributed by atoms with van der Waals surface area (Å²) in [5.74, 6) is 0. The lowest BCUT2D eigenvalue weighted by Crippen LogP contribution is -2.34. The molecule has 1 aromatic carbocycles. The fourth-order valence-corrected chi connectivity index (χ4v) is 2.23. The molecule has 2 N–H and O–H groups in total. The summed E-state index contributed by atoms with van der Waals surface area (Å²) >= 11 is 5.27. The number of anilines is 2. The maximum Gasteiger partial charge on any atom is 0.170 e. The smallest absolute Gasteiger partial charge is 0.170 e. The number of hydrogen-bond acceptors (Lipinski definition) is 3. The van der Waals surface area contributed by atoms with Gasteiger partial charge in [-0.25, -0.2) is 0 Å². The summed E-state index contributed by atoms with van der Waals surface area (Å²) < 4.78 is 5.54. The Bertz CT molecular complexity index is 413. The Balaban J connectivity index is 1.77. The lowest BCUT2D eigenvalue weighted by Gasteiger charge is -2.15. The zero-order chi connectivity index (χ0) is 13.7. The number of nitrogens with one attached hydrogen (secondary N) is 2. The lowest BCUT2D eigenvalue weighted by molar-refractivity contribution is 0.114. The second-order valence-electron chi connectivity index (χ2n) is 4.91. The van der Waals surface area contributed by atoms with Crippen molar-refractivity contribution in [3.8, 4) is 0 Å². The van der Waals surface area contributed by atoms with E-state index >= 15 is 0 Å². The second-order valence-corrected chi connectivity index (χ2v) is 5.32. The third kappa shape index (κ3) is 4.36. The first-order valence-corrected chi connectivity index (χ1v) is 7.00. The van der Waals surface area contributed by atoms with Crippen LogP contribution in [0.25, 0.3) is 0 Å². The molecule has 104 valence electrons. The van der Waals surface area contributed by atoms with Gasteiger partial charge in [0.05, 0.1) is 6.10 Å². The van der Waals surface area contributed by atoms with Crippen LogP contribution in [0, 0.1) is 0 Å². The van der Waals surface area contributed by atoms with E-state index in [0.717, 1.165) is 31.7 Å². The first-order chi connectivity index (χ1) is 9.15. The van der Waals surface area contributed by atoms with Crippen molar-refractivity contribution < 1.29 is 4.74 Å². The number of rotatable bonds is 4. The number of benzene rings is 1. The molecule has 0 bridgehead atoms. The van der Waals surface area contributed by atoms with Crippen LogP contribution in [0.2, 0.25) is 0 Å². The monoisotopic (exact) mass is 279 g/mol. The minimum Gasteiger partial charge on any atom is -0.378 e. The van der Waals surface area contributed by atoms with Gasteiger partial charge in [-0.2, -0.15) is 0 Å². The number of hydrogen-bond donors (Lipinski definition) is 2. The topological polar surface area (TPSA) is 36.5 Å². The predicted octanol–water partition coefficient (Wildman–Crippen LogP) is 2.22. The Morgan fingerprint density at radius 2 is 2.11 bits per heavy atom. The molecule has 0 spiro atoms. The Morgan fingerprint density at radius 1 is 1.37 bits per heavy atom. The first-order valence-electron chi connectivity index (χ1n) is 6.59.